The molecule has 0 bridgehead atoms. The van der Waals surface area contributed by atoms with E-state index in [0.29, 0.717) is 12.8 Å². The molecule has 116 valence electrons. The van der Waals surface area contributed by atoms with Crippen LogP contribution in [0.4, 0.5) is 0 Å². The Morgan fingerprint density at radius 3 is 2.55 bits per heavy atom. The van der Waals surface area contributed by atoms with Gasteiger partial charge in [-0.25, -0.2) is 0 Å². The summed E-state index contributed by atoms with van der Waals surface area (Å²) in [7, 11) is 0. The number of carbonyl (C=O) groups is 3. The molecule has 22 heavy (non-hydrogen) atoms. The molecule has 0 fully saturated rings. The minimum atomic E-state index is -0.349. The largest absolute Gasteiger partial charge is 0.507 e. The Kier molecular flexibility index (Phi) is 5.53. The maximum atomic E-state index is 11.7. The third-order valence-corrected chi connectivity index (χ3v) is 4.07. The first-order chi connectivity index (χ1) is 10.5. The first kappa shape index (κ1) is 16.5. The van der Waals surface area contributed by atoms with Crippen LogP contribution in [0.2, 0.25) is 0 Å². The number of hydrogen-bond donors (Lipinski definition) is 2. The van der Waals surface area contributed by atoms with Crippen molar-refractivity contribution in [3.05, 3.63) is 39.5 Å². The highest BCUT2D eigenvalue weighted by atomic mass is 127. The smallest absolute Gasteiger partial charge is 0.253 e. The minimum absolute atomic E-state index is 0.143. The Balaban J connectivity index is 1.71. The maximum Gasteiger partial charge on any atom is 0.253 e. The molecule has 1 aliphatic heterocycles. The van der Waals surface area contributed by atoms with E-state index in [-0.39, 0.29) is 36.6 Å². The number of hydrogen-bond acceptors (Lipinski definition) is 4. The fourth-order valence-electron chi connectivity index (χ4n) is 2.01. The molecule has 0 saturated heterocycles. The molecule has 2 N–H and O–H groups in total. The van der Waals surface area contributed by atoms with Crippen molar-refractivity contribution in [1.29, 1.82) is 0 Å². The molecule has 0 radical (unpaired) electrons. The number of aryl methyl sites for hydroxylation is 1. The van der Waals surface area contributed by atoms with Crippen LogP contribution < -0.4 is 5.32 Å². The predicted octanol–water partition coefficient (Wildman–Crippen LogP) is 0.971. The summed E-state index contributed by atoms with van der Waals surface area (Å²) in [6, 6.07) is 5.21. The molecule has 0 spiro atoms. The van der Waals surface area contributed by atoms with Crippen molar-refractivity contribution in [3.63, 3.8) is 0 Å². The number of benzene rings is 1. The number of imide groups is 1. The lowest BCUT2D eigenvalue weighted by Gasteiger charge is -2.14. The van der Waals surface area contributed by atoms with Gasteiger partial charge in [-0.1, -0.05) is 6.07 Å². The second-order valence-corrected chi connectivity index (χ2v) is 5.96. The van der Waals surface area contributed by atoms with E-state index >= 15 is 0 Å². The molecule has 0 unspecified atom stereocenters. The van der Waals surface area contributed by atoms with E-state index < -0.39 is 0 Å². The summed E-state index contributed by atoms with van der Waals surface area (Å²) in [5, 5.41) is 12.1. The number of amides is 3. The summed E-state index contributed by atoms with van der Waals surface area (Å²) in [5.41, 5.74) is 0.964. The summed E-state index contributed by atoms with van der Waals surface area (Å²) in [5.74, 6) is -0.617. The van der Waals surface area contributed by atoms with Gasteiger partial charge in [0.15, 0.2) is 0 Å². The van der Waals surface area contributed by atoms with Crippen LogP contribution in [0.25, 0.3) is 0 Å². The third kappa shape index (κ3) is 4.30. The van der Waals surface area contributed by atoms with E-state index in [9.17, 15) is 19.5 Å². The van der Waals surface area contributed by atoms with Crippen molar-refractivity contribution in [2.24, 2.45) is 0 Å². The molecule has 1 aromatic carbocycles. The van der Waals surface area contributed by atoms with Gasteiger partial charge in [0.2, 0.25) is 5.91 Å². The summed E-state index contributed by atoms with van der Waals surface area (Å²) >= 11 is 2.03. The first-order valence-electron chi connectivity index (χ1n) is 6.75. The van der Waals surface area contributed by atoms with E-state index in [1.54, 1.807) is 12.1 Å². The zero-order chi connectivity index (χ0) is 16.1. The zero-order valence-corrected chi connectivity index (χ0v) is 13.9. The number of phenolic OH excluding ortho intramolecular Hbond substituents is 1. The van der Waals surface area contributed by atoms with Crippen LogP contribution in [-0.4, -0.2) is 40.8 Å². The summed E-state index contributed by atoms with van der Waals surface area (Å²) in [4.78, 5) is 35.5. The zero-order valence-electron chi connectivity index (χ0n) is 11.7. The topological polar surface area (TPSA) is 86.7 Å². The Labute approximate surface area is 141 Å². The van der Waals surface area contributed by atoms with Crippen molar-refractivity contribution in [2.45, 2.75) is 12.8 Å². The number of rotatable bonds is 6. The van der Waals surface area contributed by atoms with E-state index in [2.05, 4.69) is 5.32 Å². The van der Waals surface area contributed by atoms with Gasteiger partial charge in [0.1, 0.15) is 5.75 Å². The van der Waals surface area contributed by atoms with Gasteiger partial charge in [-0.2, -0.15) is 0 Å². The van der Waals surface area contributed by atoms with E-state index in [1.165, 1.54) is 12.2 Å². The van der Waals surface area contributed by atoms with Crippen molar-refractivity contribution in [2.75, 3.05) is 13.1 Å². The van der Waals surface area contributed by atoms with Crippen LogP contribution in [0, 0.1) is 3.57 Å². The predicted molar refractivity (Wildman–Crippen MR) is 88.0 cm³/mol. The molecule has 0 aliphatic carbocycles. The van der Waals surface area contributed by atoms with Crippen molar-refractivity contribution >= 4 is 40.3 Å². The Morgan fingerprint density at radius 2 is 1.91 bits per heavy atom. The highest BCUT2D eigenvalue weighted by molar-refractivity contribution is 14.1. The van der Waals surface area contributed by atoms with Gasteiger partial charge in [0.05, 0.1) is 3.57 Å². The normalized spacial score (nSPS) is 13.8. The van der Waals surface area contributed by atoms with Crippen LogP contribution in [-0.2, 0) is 20.8 Å². The second kappa shape index (κ2) is 7.39. The van der Waals surface area contributed by atoms with Crippen molar-refractivity contribution < 1.29 is 19.5 Å². The standard InChI is InChI=1S/C15H15IN2O4/c16-11-9-10(1-3-12(11)19)2-4-13(20)17-7-8-18-14(21)5-6-15(18)22/h1,3,5-6,9,19H,2,4,7-8H2,(H,17,20). The van der Waals surface area contributed by atoms with E-state index in [0.717, 1.165) is 14.0 Å². The molecule has 1 aliphatic rings. The van der Waals surface area contributed by atoms with Crippen molar-refractivity contribution in [3.8, 4) is 5.75 Å². The van der Waals surface area contributed by atoms with E-state index in [1.807, 2.05) is 28.7 Å². The average Bonchev–Trinajstić information content (AvgIpc) is 2.80. The number of nitrogens with one attached hydrogen (secondary N) is 1. The second-order valence-electron chi connectivity index (χ2n) is 4.80. The molecular formula is C15H15IN2O4. The van der Waals surface area contributed by atoms with Crippen LogP contribution >= 0.6 is 22.6 Å². The Hall–Kier alpha value is -1.90. The summed E-state index contributed by atoms with van der Waals surface area (Å²) in [6.45, 7) is 0.415. The lowest BCUT2D eigenvalue weighted by molar-refractivity contribution is -0.137. The average molecular weight is 414 g/mol. The van der Waals surface area contributed by atoms with Gasteiger partial charge in [-0.3, -0.25) is 19.3 Å². The number of aromatic hydroxyl groups is 1. The molecule has 1 heterocycles. The molecule has 0 saturated carbocycles. The Morgan fingerprint density at radius 1 is 1.23 bits per heavy atom. The van der Waals surface area contributed by atoms with Gasteiger partial charge in [-0.05, 0) is 46.7 Å². The third-order valence-electron chi connectivity index (χ3n) is 3.21. The van der Waals surface area contributed by atoms with Gasteiger partial charge in [0, 0.05) is 31.7 Å². The summed E-state index contributed by atoms with van der Waals surface area (Å²) in [6.07, 6.45) is 3.30. The van der Waals surface area contributed by atoms with Crippen LogP contribution in [0.1, 0.15) is 12.0 Å². The van der Waals surface area contributed by atoms with Gasteiger partial charge in [0.25, 0.3) is 11.8 Å². The number of phenols is 1. The van der Waals surface area contributed by atoms with E-state index in [4.69, 9.17) is 0 Å². The quantitative estimate of drug-likeness (QED) is 0.537. The number of halogens is 1. The van der Waals surface area contributed by atoms with Crippen LogP contribution in [0.5, 0.6) is 5.75 Å². The van der Waals surface area contributed by atoms with Crippen LogP contribution in [0.15, 0.2) is 30.4 Å². The molecule has 0 aromatic heterocycles. The molecule has 0 atom stereocenters. The van der Waals surface area contributed by atoms with Gasteiger partial charge >= 0.3 is 0 Å². The lowest BCUT2D eigenvalue weighted by atomic mass is 10.1. The van der Waals surface area contributed by atoms with Gasteiger partial charge < -0.3 is 10.4 Å². The minimum Gasteiger partial charge on any atom is -0.507 e. The monoisotopic (exact) mass is 414 g/mol. The molecular weight excluding hydrogens is 399 g/mol. The molecule has 7 heteroatoms. The Bertz CT molecular complexity index is 624. The number of nitrogens with zero attached hydrogens (tertiary/aromatic N) is 1. The molecule has 6 nitrogen and oxygen atoms in total. The van der Waals surface area contributed by atoms with Crippen LogP contribution in [0.3, 0.4) is 0 Å². The first-order valence-corrected chi connectivity index (χ1v) is 7.83. The molecule has 3 amide bonds. The highest BCUT2D eigenvalue weighted by Gasteiger charge is 2.22. The molecule has 2 rings (SSSR count). The number of carbonyl (C=O) groups excluding carboxylic acids is 3. The van der Waals surface area contributed by atoms with Gasteiger partial charge in [-0.15, -0.1) is 0 Å². The summed E-state index contributed by atoms with van der Waals surface area (Å²) < 4.78 is 0.745. The highest BCUT2D eigenvalue weighted by Crippen LogP contribution is 2.20. The fourth-order valence-corrected chi connectivity index (χ4v) is 2.59. The lowest BCUT2D eigenvalue weighted by Crippen LogP contribution is -2.38. The van der Waals surface area contributed by atoms with Crippen molar-refractivity contribution in [1.82, 2.24) is 10.2 Å². The molecule has 1 aromatic rings. The maximum absolute atomic E-state index is 11.7. The SMILES string of the molecule is O=C(CCc1ccc(O)c(I)c1)NCCN1C(=O)C=CC1=O. The fraction of sp³-hybridized carbons (Fsp3) is 0.267.